The Bertz CT molecular complexity index is 979. The van der Waals surface area contributed by atoms with Crippen molar-refractivity contribution in [3.05, 3.63) is 47.8 Å². The number of aryl methyl sites for hydroxylation is 2. The molecular formula is C19H25N5O4S. The molecule has 0 spiro atoms. The van der Waals surface area contributed by atoms with Crippen LogP contribution in [-0.2, 0) is 26.2 Å². The summed E-state index contributed by atoms with van der Waals surface area (Å²) in [5.41, 5.74) is 6.51. The van der Waals surface area contributed by atoms with E-state index in [4.69, 9.17) is 0 Å². The predicted molar refractivity (Wildman–Crippen MR) is 106 cm³/mol. The van der Waals surface area contributed by atoms with Gasteiger partial charge in [-0.2, -0.15) is 9.40 Å². The van der Waals surface area contributed by atoms with Crippen LogP contribution in [0, 0.1) is 19.8 Å². The topological polar surface area (TPSA) is 113 Å². The van der Waals surface area contributed by atoms with Gasteiger partial charge in [-0.25, -0.2) is 8.42 Å². The standard InChI is InChI=1S/C19H25N5O4S/c1-14-12-15(2)24(22-14)13-18(25)20-21-19(26)16-8-10-23(11-9-16)29(27,28)17-6-4-3-5-7-17/h3-7,12,16H,8-11,13H2,1-2H3,(H,20,25)(H,21,26). The molecule has 3 rings (SSSR count). The summed E-state index contributed by atoms with van der Waals surface area (Å²) in [6, 6.07) is 10.1. The fraction of sp³-hybridized carbons (Fsp3) is 0.421. The molecule has 0 radical (unpaired) electrons. The van der Waals surface area contributed by atoms with Crippen LogP contribution in [0.5, 0.6) is 0 Å². The summed E-state index contributed by atoms with van der Waals surface area (Å²) >= 11 is 0. The molecule has 1 aromatic carbocycles. The van der Waals surface area contributed by atoms with Gasteiger partial charge in [-0.05, 0) is 44.9 Å². The lowest BCUT2D eigenvalue weighted by Gasteiger charge is -2.30. The van der Waals surface area contributed by atoms with E-state index in [1.807, 2.05) is 19.9 Å². The zero-order valence-corrected chi connectivity index (χ0v) is 17.3. The molecule has 2 N–H and O–H groups in total. The highest BCUT2D eigenvalue weighted by Gasteiger charge is 2.32. The molecule has 9 nitrogen and oxygen atoms in total. The Morgan fingerprint density at radius 1 is 1.10 bits per heavy atom. The Morgan fingerprint density at radius 2 is 1.76 bits per heavy atom. The van der Waals surface area contributed by atoms with Crippen molar-refractivity contribution in [3.63, 3.8) is 0 Å². The Kier molecular flexibility index (Phi) is 6.33. The molecule has 1 aromatic heterocycles. The molecule has 0 bridgehead atoms. The van der Waals surface area contributed by atoms with Crippen LogP contribution in [0.1, 0.15) is 24.2 Å². The zero-order valence-electron chi connectivity index (χ0n) is 16.5. The molecule has 2 aromatic rings. The average Bonchev–Trinajstić information content (AvgIpc) is 3.03. The minimum Gasteiger partial charge on any atom is -0.273 e. The van der Waals surface area contributed by atoms with E-state index in [1.54, 1.807) is 35.0 Å². The van der Waals surface area contributed by atoms with Crippen molar-refractivity contribution in [2.45, 2.75) is 38.1 Å². The van der Waals surface area contributed by atoms with Gasteiger partial charge in [0, 0.05) is 24.7 Å². The Balaban J connectivity index is 1.47. The number of nitrogens with one attached hydrogen (secondary N) is 2. The third kappa shape index (κ3) is 5.01. The number of hydrogen-bond acceptors (Lipinski definition) is 5. The number of amides is 2. The van der Waals surface area contributed by atoms with Crippen LogP contribution >= 0.6 is 0 Å². The summed E-state index contributed by atoms with van der Waals surface area (Å²) in [6.07, 6.45) is 0.788. The number of piperidine rings is 1. The number of benzene rings is 1. The third-order valence-corrected chi connectivity index (χ3v) is 6.84. The van der Waals surface area contributed by atoms with Gasteiger partial charge in [0.1, 0.15) is 6.54 Å². The summed E-state index contributed by atoms with van der Waals surface area (Å²) in [7, 11) is -3.55. The lowest BCUT2D eigenvalue weighted by molar-refractivity contribution is -0.132. The number of rotatable bonds is 5. The van der Waals surface area contributed by atoms with E-state index in [0.29, 0.717) is 12.8 Å². The van der Waals surface area contributed by atoms with Gasteiger partial charge in [-0.1, -0.05) is 18.2 Å². The minimum atomic E-state index is -3.55. The van der Waals surface area contributed by atoms with Crippen molar-refractivity contribution in [1.82, 2.24) is 24.9 Å². The lowest BCUT2D eigenvalue weighted by Crippen LogP contribution is -2.48. The van der Waals surface area contributed by atoms with Gasteiger partial charge >= 0.3 is 0 Å². The smallest absolute Gasteiger partial charge is 0.260 e. The van der Waals surface area contributed by atoms with Crippen LogP contribution in [0.2, 0.25) is 0 Å². The van der Waals surface area contributed by atoms with Crippen LogP contribution in [0.4, 0.5) is 0 Å². The molecule has 0 saturated carbocycles. The molecule has 0 unspecified atom stereocenters. The van der Waals surface area contributed by atoms with Gasteiger partial charge in [-0.15, -0.1) is 0 Å². The first-order valence-electron chi connectivity index (χ1n) is 9.42. The molecular weight excluding hydrogens is 394 g/mol. The number of nitrogens with zero attached hydrogens (tertiary/aromatic N) is 3. The highest BCUT2D eigenvalue weighted by molar-refractivity contribution is 7.89. The van der Waals surface area contributed by atoms with E-state index >= 15 is 0 Å². The maximum absolute atomic E-state index is 12.6. The van der Waals surface area contributed by atoms with E-state index < -0.39 is 10.0 Å². The van der Waals surface area contributed by atoms with Crippen molar-refractivity contribution >= 4 is 21.8 Å². The summed E-state index contributed by atoms with van der Waals surface area (Å²) in [5.74, 6) is -1.05. The molecule has 2 heterocycles. The first-order valence-corrected chi connectivity index (χ1v) is 10.9. The number of aromatic nitrogens is 2. The van der Waals surface area contributed by atoms with Crippen LogP contribution in [0.25, 0.3) is 0 Å². The second-order valence-corrected chi connectivity index (χ2v) is 9.05. The fourth-order valence-corrected chi connectivity index (χ4v) is 4.83. The molecule has 10 heteroatoms. The number of hydrazine groups is 1. The summed E-state index contributed by atoms with van der Waals surface area (Å²) in [4.78, 5) is 24.6. The summed E-state index contributed by atoms with van der Waals surface area (Å²) in [6.45, 7) is 4.22. The lowest BCUT2D eigenvalue weighted by atomic mass is 9.98. The van der Waals surface area contributed by atoms with Gasteiger partial charge in [-0.3, -0.25) is 25.1 Å². The van der Waals surface area contributed by atoms with Crippen molar-refractivity contribution < 1.29 is 18.0 Å². The quantitative estimate of drug-likeness (QED) is 0.695. The molecule has 2 amide bonds. The van der Waals surface area contributed by atoms with Crippen molar-refractivity contribution in [1.29, 1.82) is 0 Å². The molecule has 1 fully saturated rings. The van der Waals surface area contributed by atoms with Crippen LogP contribution in [0.3, 0.4) is 0 Å². The van der Waals surface area contributed by atoms with E-state index in [2.05, 4.69) is 16.0 Å². The fourth-order valence-electron chi connectivity index (χ4n) is 3.34. The average molecular weight is 420 g/mol. The molecule has 156 valence electrons. The number of hydrogen-bond donors (Lipinski definition) is 2. The Labute approximate surface area is 170 Å². The highest BCUT2D eigenvalue weighted by atomic mass is 32.2. The molecule has 29 heavy (non-hydrogen) atoms. The van der Waals surface area contributed by atoms with Gasteiger partial charge in [0.25, 0.3) is 5.91 Å². The highest BCUT2D eigenvalue weighted by Crippen LogP contribution is 2.23. The normalized spacial score (nSPS) is 15.8. The molecule has 0 atom stereocenters. The first-order chi connectivity index (χ1) is 13.8. The largest absolute Gasteiger partial charge is 0.273 e. The first kappa shape index (κ1) is 21.0. The second-order valence-electron chi connectivity index (χ2n) is 7.11. The van der Waals surface area contributed by atoms with Crippen LogP contribution in [0.15, 0.2) is 41.3 Å². The monoisotopic (exact) mass is 419 g/mol. The maximum atomic E-state index is 12.6. The third-order valence-electron chi connectivity index (χ3n) is 4.93. The maximum Gasteiger partial charge on any atom is 0.260 e. The summed E-state index contributed by atoms with van der Waals surface area (Å²) < 4.78 is 28.2. The van der Waals surface area contributed by atoms with Crippen molar-refractivity contribution in [2.75, 3.05) is 13.1 Å². The molecule has 0 aliphatic carbocycles. The van der Waals surface area contributed by atoms with Gasteiger partial charge in [0.05, 0.1) is 10.6 Å². The summed E-state index contributed by atoms with van der Waals surface area (Å²) in [5, 5.41) is 4.20. The van der Waals surface area contributed by atoms with Crippen LogP contribution in [-0.4, -0.2) is 47.4 Å². The van der Waals surface area contributed by atoms with Crippen molar-refractivity contribution in [2.24, 2.45) is 5.92 Å². The Hall–Kier alpha value is -2.72. The Morgan fingerprint density at radius 3 is 2.34 bits per heavy atom. The second kappa shape index (κ2) is 8.75. The van der Waals surface area contributed by atoms with Gasteiger partial charge in [0.2, 0.25) is 15.9 Å². The minimum absolute atomic E-state index is 0.00766. The SMILES string of the molecule is Cc1cc(C)n(CC(=O)NNC(=O)C2CCN(S(=O)(=O)c3ccccc3)CC2)n1. The van der Waals surface area contributed by atoms with Crippen molar-refractivity contribution in [3.8, 4) is 0 Å². The molecule has 1 aliphatic heterocycles. The molecule has 1 aliphatic rings. The predicted octanol–water partition coefficient (Wildman–Crippen LogP) is 0.748. The number of sulfonamides is 1. The van der Waals surface area contributed by atoms with Gasteiger partial charge < -0.3 is 0 Å². The molecule has 1 saturated heterocycles. The van der Waals surface area contributed by atoms with E-state index in [-0.39, 0.29) is 42.3 Å². The van der Waals surface area contributed by atoms with E-state index in [0.717, 1.165) is 11.4 Å². The number of carbonyl (C=O) groups is 2. The number of carbonyl (C=O) groups excluding carboxylic acids is 2. The van der Waals surface area contributed by atoms with Gasteiger partial charge in [0.15, 0.2) is 0 Å². The zero-order chi connectivity index (χ0) is 21.0. The van der Waals surface area contributed by atoms with E-state index in [1.165, 1.54) is 4.31 Å². The van der Waals surface area contributed by atoms with E-state index in [9.17, 15) is 18.0 Å². The van der Waals surface area contributed by atoms with Crippen LogP contribution < -0.4 is 10.9 Å².